The second-order valence-electron chi connectivity index (χ2n) is 3.05. The second kappa shape index (κ2) is 2.99. The lowest BCUT2D eigenvalue weighted by Gasteiger charge is -2.04. The van der Waals surface area contributed by atoms with Crippen LogP contribution in [-0.2, 0) is 9.59 Å². The molecule has 0 aromatic heterocycles. The van der Waals surface area contributed by atoms with Crippen LogP contribution in [0.3, 0.4) is 0 Å². The predicted octanol–water partition coefficient (Wildman–Crippen LogP) is 1.36. The van der Waals surface area contributed by atoms with Gasteiger partial charge in [0.1, 0.15) is 11.6 Å². The minimum Gasteiger partial charge on any atom is -0.299 e. The highest BCUT2D eigenvalue weighted by Crippen LogP contribution is 2.24. The van der Waals surface area contributed by atoms with Crippen LogP contribution in [0.1, 0.15) is 20.3 Å². The van der Waals surface area contributed by atoms with Crippen molar-refractivity contribution >= 4 is 11.6 Å². The van der Waals surface area contributed by atoms with Gasteiger partial charge in [0.15, 0.2) is 0 Å². The van der Waals surface area contributed by atoms with Crippen molar-refractivity contribution in [3.05, 3.63) is 12.2 Å². The van der Waals surface area contributed by atoms with Gasteiger partial charge >= 0.3 is 0 Å². The van der Waals surface area contributed by atoms with Crippen molar-refractivity contribution in [1.82, 2.24) is 0 Å². The summed E-state index contributed by atoms with van der Waals surface area (Å²) in [6.07, 6.45) is 4.37. The third-order valence-corrected chi connectivity index (χ3v) is 2.13. The SMILES string of the molecule is CC(=O)C1C=CC(C(C)=O)C1. The van der Waals surface area contributed by atoms with Gasteiger partial charge in [0.05, 0.1) is 0 Å². The highest BCUT2D eigenvalue weighted by atomic mass is 16.1. The van der Waals surface area contributed by atoms with Crippen molar-refractivity contribution in [2.24, 2.45) is 11.8 Å². The number of Topliss-reactive ketones (excluding diaryl/α,β-unsaturated/α-hetero) is 2. The molecule has 0 aromatic rings. The zero-order valence-electron chi connectivity index (χ0n) is 6.83. The van der Waals surface area contributed by atoms with Crippen molar-refractivity contribution in [3.8, 4) is 0 Å². The van der Waals surface area contributed by atoms with Gasteiger partial charge in [-0.3, -0.25) is 9.59 Å². The number of hydrogen-bond donors (Lipinski definition) is 0. The predicted molar refractivity (Wildman–Crippen MR) is 42.1 cm³/mol. The Morgan fingerprint density at radius 1 is 1.09 bits per heavy atom. The molecule has 0 saturated heterocycles. The summed E-state index contributed by atoms with van der Waals surface area (Å²) in [5, 5.41) is 0. The van der Waals surface area contributed by atoms with E-state index in [9.17, 15) is 9.59 Å². The molecule has 0 aromatic carbocycles. The number of ketones is 2. The zero-order valence-corrected chi connectivity index (χ0v) is 6.83. The highest BCUT2D eigenvalue weighted by molar-refractivity contribution is 5.85. The molecule has 0 N–H and O–H groups in total. The fraction of sp³-hybridized carbons (Fsp3) is 0.556. The average molecular weight is 152 g/mol. The molecule has 60 valence electrons. The third-order valence-electron chi connectivity index (χ3n) is 2.13. The summed E-state index contributed by atoms with van der Waals surface area (Å²) in [7, 11) is 0. The normalized spacial score (nSPS) is 28.9. The van der Waals surface area contributed by atoms with Crippen molar-refractivity contribution in [3.63, 3.8) is 0 Å². The molecule has 0 aliphatic heterocycles. The van der Waals surface area contributed by atoms with E-state index in [1.165, 1.54) is 0 Å². The summed E-state index contributed by atoms with van der Waals surface area (Å²) in [5.74, 6) is 0.294. The molecule has 11 heavy (non-hydrogen) atoms. The molecule has 2 heteroatoms. The van der Waals surface area contributed by atoms with Gasteiger partial charge in [-0.05, 0) is 20.3 Å². The van der Waals surface area contributed by atoms with Crippen molar-refractivity contribution in [2.45, 2.75) is 20.3 Å². The van der Waals surface area contributed by atoms with Gasteiger partial charge in [-0.15, -0.1) is 0 Å². The first-order chi connectivity index (χ1) is 5.11. The van der Waals surface area contributed by atoms with E-state index in [2.05, 4.69) is 0 Å². The maximum Gasteiger partial charge on any atom is 0.136 e. The van der Waals surface area contributed by atoms with Gasteiger partial charge in [-0.2, -0.15) is 0 Å². The van der Waals surface area contributed by atoms with Crippen molar-refractivity contribution in [2.75, 3.05) is 0 Å². The van der Waals surface area contributed by atoms with Crippen molar-refractivity contribution in [1.29, 1.82) is 0 Å². The Morgan fingerprint density at radius 3 is 1.64 bits per heavy atom. The van der Waals surface area contributed by atoms with E-state index < -0.39 is 0 Å². The molecule has 0 fully saturated rings. The fourth-order valence-corrected chi connectivity index (χ4v) is 1.30. The van der Waals surface area contributed by atoms with Crippen LogP contribution >= 0.6 is 0 Å². The molecule has 0 saturated carbocycles. The Morgan fingerprint density at radius 2 is 1.45 bits per heavy atom. The lowest BCUT2D eigenvalue weighted by atomic mass is 9.98. The maximum absolute atomic E-state index is 10.9. The van der Waals surface area contributed by atoms with Crippen LogP contribution in [0.2, 0.25) is 0 Å². The molecule has 2 atom stereocenters. The van der Waals surface area contributed by atoms with E-state index >= 15 is 0 Å². The van der Waals surface area contributed by atoms with Crippen LogP contribution in [0.15, 0.2) is 12.2 Å². The second-order valence-corrected chi connectivity index (χ2v) is 3.05. The van der Waals surface area contributed by atoms with Gasteiger partial charge in [0.2, 0.25) is 0 Å². The molecular weight excluding hydrogens is 140 g/mol. The molecule has 1 aliphatic rings. The van der Waals surface area contributed by atoms with E-state index in [0.29, 0.717) is 6.42 Å². The van der Waals surface area contributed by atoms with Crippen LogP contribution < -0.4 is 0 Å². The Balaban J connectivity index is 2.56. The van der Waals surface area contributed by atoms with Crippen LogP contribution in [-0.4, -0.2) is 11.6 Å². The lowest BCUT2D eigenvalue weighted by molar-refractivity contribution is -0.121. The van der Waals surface area contributed by atoms with E-state index in [-0.39, 0.29) is 23.4 Å². The minimum atomic E-state index is -0.0103. The smallest absolute Gasteiger partial charge is 0.136 e. The molecule has 0 bridgehead atoms. The zero-order chi connectivity index (χ0) is 8.43. The summed E-state index contributed by atoms with van der Waals surface area (Å²) >= 11 is 0. The van der Waals surface area contributed by atoms with Gasteiger partial charge in [0.25, 0.3) is 0 Å². The first-order valence-electron chi connectivity index (χ1n) is 3.80. The van der Waals surface area contributed by atoms with E-state index in [4.69, 9.17) is 0 Å². The third kappa shape index (κ3) is 1.76. The number of hydrogen-bond acceptors (Lipinski definition) is 2. The molecular formula is C9H12O2. The molecule has 2 nitrogen and oxygen atoms in total. The number of carbonyl (C=O) groups excluding carboxylic acids is 2. The molecule has 0 radical (unpaired) electrons. The molecule has 0 spiro atoms. The Bertz CT molecular complexity index is 194. The highest BCUT2D eigenvalue weighted by Gasteiger charge is 2.24. The molecule has 0 heterocycles. The van der Waals surface area contributed by atoms with Gasteiger partial charge in [-0.25, -0.2) is 0 Å². The van der Waals surface area contributed by atoms with Gasteiger partial charge < -0.3 is 0 Å². The first-order valence-corrected chi connectivity index (χ1v) is 3.80. The molecule has 0 amide bonds. The van der Waals surface area contributed by atoms with E-state index in [1.807, 2.05) is 12.2 Å². The van der Waals surface area contributed by atoms with Crippen LogP contribution in [0.4, 0.5) is 0 Å². The molecule has 1 rings (SSSR count). The molecule has 1 aliphatic carbocycles. The van der Waals surface area contributed by atoms with Crippen LogP contribution in [0.25, 0.3) is 0 Å². The Labute approximate surface area is 66.3 Å². The first kappa shape index (κ1) is 8.18. The topological polar surface area (TPSA) is 34.1 Å². The number of allylic oxidation sites excluding steroid dienone is 2. The van der Waals surface area contributed by atoms with Crippen molar-refractivity contribution < 1.29 is 9.59 Å². The summed E-state index contributed by atoms with van der Waals surface area (Å²) in [6.45, 7) is 3.13. The Hall–Kier alpha value is -0.920. The van der Waals surface area contributed by atoms with E-state index in [0.717, 1.165) is 0 Å². The maximum atomic E-state index is 10.9. The summed E-state index contributed by atoms with van der Waals surface area (Å²) < 4.78 is 0. The van der Waals surface area contributed by atoms with Gasteiger partial charge in [0, 0.05) is 11.8 Å². The number of carbonyl (C=O) groups is 2. The summed E-state index contributed by atoms with van der Waals surface area (Å²) in [5.41, 5.74) is 0. The lowest BCUT2D eigenvalue weighted by Crippen LogP contribution is -2.11. The molecule has 2 unspecified atom stereocenters. The minimum absolute atomic E-state index is 0.0103. The van der Waals surface area contributed by atoms with Gasteiger partial charge in [-0.1, -0.05) is 12.2 Å². The fourth-order valence-electron chi connectivity index (χ4n) is 1.30. The summed E-state index contributed by atoms with van der Waals surface area (Å²) in [6, 6.07) is 0. The average Bonchev–Trinajstić information content (AvgIpc) is 2.33. The monoisotopic (exact) mass is 152 g/mol. The number of rotatable bonds is 2. The largest absolute Gasteiger partial charge is 0.299 e. The standard InChI is InChI=1S/C9H12O2/c1-6(10)8-3-4-9(5-8)7(2)11/h3-4,8-9H,5H2,1-2H3. The van der Waals surface area contributed by atoms with E-state index in [1.54, 1.807) is 13.8 Å². The summed E-state index contributed by atoms with van der Waals surface area (Å²) in [4.78, 5) is 21.7. The van der Waals surface area contributed by atoms with Crippen LogP contribution in [0.5, 0.6) is 0 Å². The Kier molecular flexibility index (Phi) is 2.22. The van der Waals surface area contributed by atoms with Crippen LogP contribution in [0, 0.1) is 11.8 Å². The quantitative estimate of drug-likeness (QED) is 0.560.